The molecule has 1 aromatic heterocycles. The van der Waals surface area contributed by atoms with Gasteiger partial charge in [0.2, 0.25) is 0 Å². The standard InChI is InChI=1S/C10H13ClN2/c11-9-2-1-5-13-10(9)8-3-6-12-7-4-8/h1-2,5,8,12H,3-4,6-7H2. The van der Waals surface area contributed by atoms with Gasteiger partial charge >= 0.3 is 0 Å². The molecule has 0 aromatic carbocycles. The summed E-state index contributed by atoms with van der Waals surface area (Å²) in [4.78, 5) is 4.34. The minimum absolute atomic E-state index is 0.551. The minimum Gasteiger partial charge on any atom is -0.317 e. The van der Waals surface area contributed by atoms with E-state index in [0.717, 1.165) is 36.6 Å². The van der Waals surface area contributed by atoms with Crippen LogP contribution in [0.5, 0.6) is 0 Å². The Morgan fingerprint density at radius 2 is 2.15 bits per heavy atom. The lowest BCUT2D eigenvalue weighted by molar-refractivity contribution is 0.453. The number of aromatic nitrogens is 1. The van der Waals surface area contributed by atoms with E-state index in [-0.39, 0.29) is 0 Å². The van der Waals surface area contributed by atoms with Gasteiger partial charge in [-0.15, -0.1) is 0 Å². The van der Waals surface area contributed by atoms with E-state index < -0.39 is 0 Å². The Balaban J connectivity index is 2.18. The molecule has 0 aliphatic carbocycles. The maximum atomic E-state index is 6.07. The SMILES string of the molecule is Clc1cccnc1C1CCNCC1. The summed E-state index contributed by atoms with van der Waals surface area (Å²) in [5.41, 5.74) is 1.07. The van der Waals surface area contributed by atoms with E-state index in [9.17, 15) is 0 Å². The van der Waals surface area contributed by atoms with Gasteiger partial charge in [-0.2, -0.15) is 0 Å². The van der Waals surface area contributed by atoms with Crippen LogP contribution in [0.25, 0.3) is 0 Å². The molecule has 1 aliphatic heterocycles. The lowest BCUT2D eigenvalue weighted by atomic mass is 9.94. The molecule has 2 heterocycles. The third-order valence-corrected chi connectivity index (χ3v) is 2.83. The second-order valence-electron chi connectivity index (χ2n) is 3.39. The molecule has 1 fully saturated rings. The van der Waals surface area contributed by atoms with E-state index in [1.165, 1.54) is 0 Å². The molecule has 70 valence electrons. The molecule has 0 atom stereocenters. The summed E-state index contributed by atoms with van der Waals surface area (Å²) in [5.74, 6) is 0.551. The van der Waals surface area contributed by atoms with Crippen LogP contribution in [0, 0.1) is 0 Å². The molecule has 0 radical (unpaired) electrons. The van der Waals surface area contributed by atoms with E-state index in [1.807, 2.05) is 18.3 Å². The molecular formula is C10H13ClN2. The molecule has 0 spiro atoms. The molecule has 3 heteroatoms. The number of rotatable bonds is 1. The quantitative estimate of drug-likeness (QED) is 0.745. The zero-order chi connectivity index (χ0) is 9.10. The van der Waals surface area contributed by atoms with Crippen molar-refractivity contribution in [2.75, 3.05) is 13.1 Å². The fourth-order valence-corrected chi connectivity index (χ4v) is 2.07. The highest BCUT2D eigenvalue weighted by atomic mass is 35.5. The van der Waals surface area contributed by atoms with Crippen LogP contribution in [0.1, 0.15) is 24.5 Å². The number of hydrogen-bond acceptors (Lipinski definition) is 2. The molecule has 2 rings (SSSR count). The molecule has 1 saturated heterocycles. The second kappa shape index (κ2) is 4.07. The number of nitrogens with one attached hydrogen (secondary N) is 1. The Morgan fingerprint density at radius 3 is 2.85 bits per heavy atom. The molecule has 0 bridgehead atoms. The topological polar surface area (TPSA) is 24.9 Å². The fourth-order valence-electron chi connectivity index (χ4n) is 1.79. The van der Waals surface area contributed by atoms with E-state index in [2.05, 4.69) is 10.3 Å². The number of pyridine rings is 1. The molecule has 0 amide bonds. The van der Waals surface area contributed by atoms with E-state index in [1.54, 1.807) is 0 Å². The van der Waals surface area contributed by atoms with Crippen molar-refractivity contribution in [2.24, 2.45) is 0 Å². The highest BCUT2D eigenvalue weighted by Gasteiger charge is 2.18. The van der Waals surface area contributed by atoms with Crippen LogP contribution < -0.4 is 5.32 Å². The number of nitrogens with zero attached hydrogens (tertiary/aromatic N) is 1. The monoisotopic (exact) mass is 196 g/mol. The average molecular weight is 197 g/mol. The van der Waals surface area contributed by atoms with E-state index in [0.29, 0.717) is 5.92 Å². The lowest BCUT2D eigenvalue weighted by Crippen LogP contribution is -2.27. The Kier molecular flexibility index (Phi) is 2.81. The molecule has 0 saturated carbocycles. The van der Waals surface area contributed by atoms with Gasteiger partial charge in [-0.1, -0.05) is 11.6 Å². The number of hydrogen-bond donors (Lipinski definition) is 1. The van der Waals surface area contributed by atoms with Crippen LogP contribution in [0.4, 0.5) is 0 Å². The van der Waals surface area contributed by atoms with Crippen LogP contribution in [-0.4, -0.2) is 18.1 Å². The highest BCUT2D eigenvalue weighted by molar-refractivity contribution is 6.31. The highest BCUT2D eigenvalue weighted by Crippen LogP contribution is 2.28. The first-order valence-corrected chi connectivity index (χ1v) is 5.07. The summed E-state index contributed by atoms with van der Waals surface area (Å²) in [6.45, 7) is 2.16. The summed E-state index contributed by atoms with van der Waals surface area (Å²) < 4.78 is 0. The van der Waals surface area contributed by atoms with E-state index in [4.69, 9.17) is 11.6 Å². The summed E-state index contributed by atoms with van der Waals surface area (Å²) in [6, 6.07) is 3.80. The molecule has 13 heavy (non-hydrogen) atoms. The zero-order valence-corrected chi connectivity index (χ0v) is 8.22. The van der Waals surface area contributed by atoms with Crippen molar-refractivity contribution in [1.29, 1.82) is 0 Å². The van der Waals surface area contributed by atoms with Crippen molar-refractivity contribution in [1.82, 2.24) is 10.3 Å². The van der Waals surface area contributed by atoms with Crippen LogP contribution in [0.15, 0.2) is 18.3 Å². The number of halogens is 1. The Hall–Kier alpha value is -0.600. The predicted molar refractivity (Wildman–Crippen MR) is 54.1 cm³/mol. The van der Waals surface area contributed by atoms with Gasteiger partial charge < -0.3 is 5.32 Å². The Bertz CT molecular complexity index is 282. The van der Waals surface area contributed by atoms with Gasteiger partial charge in [-0.25, -0.2) is 0 Å². The summed E-state index contributed by atoms with van der Waals surface area (Å²) >= 11 is 6.07. The van der Waals surface area contributed by atoms with Gasteiger partial charge in [0, 0.05) is 12.1 Å². The largest absolute Gasteiger partial charge is 0.317 e. The van der Waals surface area contributed by atoms with Gasteiger partial charge in [0.25, 0.3) is 0 Å². The predicted octanol–water partition coefficient (Wildman–Crippen LogP) is 2.20. The van der Waals surface area contributed by atoms with Crippen molar-refractivity contribution in [3.05, 3.63) is 29.0 Å². The maximum Gasteiger partial charge on any atom is 0.0624 e. The molecular weight excluding hydrogens is 184 g/mol. The van der Waals surface area contributed by atoms with Gasteiger partial charge in [-0.3, -0.25) is 4.98 Å². The van der Waals surface area contributed by atoms with E-state index >= 15 is 0 Å². The Labute approximate surface area is 83.3 Å². The first-order chi connectivity index (χ1) is 6.38. The van der Waals surface area contributed by atoms with Crippen LogP contribution in [0.3, 0.4) is 0 Å². The van der Waals surface area contributed by atoms with Crippen molar-refractivity contribution in [2.45, 2.75) is 18.8 Å². The summed E-state index contributed by atoms with van der Waals surface area (Å²) in [7, 11) is 0. The van der Waals surface area contributed by atoms with Gasteiger partial charge in [-0.05, 0) is 38.1 Å². The maximum absolute atomic E-state index is 6.07. The van der Waals surface area contributed by atoms with Crippen LogP contribution in [-0.2, 0) is 0 Å². The van der Waals surface area contributed by atoms with Crippen LogP contribution in [0.2, 0.25) is 5.02 Å². The van der Waals surface area contributed by atoms with Crippen molar-refractivity contribution < 1.29 is 0 Å². The summed E-state index contributed by atoms with van der Waals surface area (Å²) in [5, 5.41) is 4.15. The summed E-state index contributed by atoms with van der Waals surface area (Å²) in [6.07, 6.45) is 4.12. The van der Waals surface area contributed by atoms with Crippen LogP contribution >= 0.6 is 11.6 Å². The van der Waals surface area contributed by atoms with Crippen molar-refractivity contribution >= 4 is 11.6 Å². The van der Waals surface area contributed by atoms with Crippen molar-refractivity contribution in [3.63, 3.8) is 0 Å². The van der Waals surface area contributed by atoms with Crippen molar-refractivity contribution in [3.8, 4) is 0 Å². The molecule has 0 unspecified atom stereocenters. The molecule has 1 aliphatic rings. The third kappa shape index (κ3) is 2.01. The van der Waals surface area contributed by atoms with Gasteiger partial charge in [0.1, 0.15) is 0 Å². The first kappa shape index (κ1) is 8.97. The normalized spacial score (nSPS) is 18.8. The molecule has 1 aromatic rings. The minimum atomic E-state index is 0.551. The lowest BCUT2D eigenvalue weighted by Gasteiger charge is -2.22. The number of piperidine rings is 1. The third-order valence-electron chi connectivity index (χ3n) is 2.51. The average Bonchev–Trinajstić information content (AvgIpc) is 2.20. The first-order valence-electron chi connectivity index (χ1n) is 4.69. The van der Waals surface area contributed by atoms with Gasteiger partial charge in [0.05, 0.1) is 10.7 Å². The smallest absolute Gasteiger partial charge is 0.0624 e. The molecule has 2 nitrogen and oxygen atoms in total. The second-order valence-corrected chi connectivity index (χ2v) is 3.80. The fraction of sp³-hybridized carbons (Fsp3) is 0.500. The molecule has 1 N–H and O–H groups in total. The van der Waals surface area contributed by atoms with Gasteiger partial charge in [0.15, 0.2) is 0 Å². The zero-order valence-electron chi connectivity index (χ0n) is 7.46. The Morgan fingerprint density at radius 1 is 1.38 bits per heavy atom.